The van der Waals surface area contributed by atoms with Crippen LogP contribution in [-0.4, -0.2) is 12.0 Å². The molecule has 90 valence electrons. The summed E-state index contributed by atoms with van der Waals surface area (Å²) in [5.74, 6) is 0.634. The lowest BCUT2D eigenvalue weighted by Crippen LogP contribution is -2.11. The molecule has 1 aromatic heterocycles. The number of anilines is 3. The number of hydrogen-bond donors (Lipinski definition) is 1. The minimum atomic E-state index is 0.341. The molecule has 0 atom stereocenters. The van der Waals surface area contributed by atoms with Crippen molar-refractivity contribution in [2.75, 3.05) is 17.7 Å². The first-order chi connectivity index (χ1) is 8.60. The Balaban J connectivity index is 2.41. The van der Waals surface area contributed by atoms with Crippen molar-refractivity contribution in [3.63, 3.8) is 0 Å². The third-order valence-electron chi connectivity index (χ3n) is 2.51. The van der Waals surface area contributed by atoms with Gasteiger partial charge in [0.1, 0.15) is 11.0 Å². The van der Waals surface area contributed by atoms with Gasteiger partial charge in [0.05, 0.1) is 11.6 Å². The molecule has 1 heterocycles. The second-order valence-corrected chi connectivity index (χ2v) is 4.19. The highest BCUT2D eigenvalue weighted by atomic mass is 35.5. The van der Waals surface area contributed by atoms with Crippen molar-refractivity contribution in [3.8, 4) is 6.07 Å². The molecule has 18 heavy (non-hydrogen) atoms. The molecule has 0 aliphatic carbocycles. The van der Waals surface area contributed by atoms with Crippen LogP contribution in [0.15, 0.2) is 36.4 Å². The Morgan fingerprint density at radius 1 is 1.33 bits per heavy atom. The minimum Gasteiger partial charge on any atom is -0.399 e. The van der Waals surface area contributed by atoms with Crippen molar-refractivity contribution in [1.29, 1.82) is 5.26 Å². The summed E-state index contributed by atoms with van der Waals surface area (Å²) in [6.07, 6.45) is 0. The number of nitriles is 1. The number of benzene rings is 1. The Bertz CT molecular complexity index is 598. The van der Waals surface area contributed by atoms with Crippen LogP contribution in [0.4, 0.5) is 17.2 Å². The van der Waals surface area contributed by atoms with Gasteiger partial charge in [-0.2, -0.15) is 5.26 Å². The van der Waals surface area contributed by atoms with Gasteiger partial charge in [-0.3, -0.25) is 0 Å². The lowest BCUT2D eigenvalue weighted by Gasteiger charge is -2.19. The maximum atomic E-state index is 8.88. The molecule has 0 amide bonds. The molecule has 0 bridgehead atoms. The second kappa shape index (κ2) is 4.94. The van der Waals surface area contributed by atoms with E-state index in [-0.39, 0.29) is 0 Å². The first kappa shape index (κ1) is 12.2. The first-order valence-corrected chi connectivity index (χ1v) is 5.65. The number of pyridine rings is 1. The smallest absolute Gasteiger partial charge is 0.136 e. The van der Waals surface area contributed by atoms with Gasteiger partial charge < -0.3 is 10.6 Å². The molecule has 0 fully saturated rings. The van der Waals surface area contributed by atoms with Crippen molar-refractivity contribution in [3.05, 3.63) is 47.1 Å². The molecule has 0 aliphatic heterocycles. The zero-order chi connectivity index (χ0) is 13.1. The van der Waals surface area contributed by atoms with Gasteiger partial charge in [-0.1, -0.05) is 17.7 Å². The van der Waals surface area contributed by atoms with Crippen LogP contribution in [-0.2, 0) is 0 Å². The summed E-state index contributed by atoms with van der Waals surface area (Å²) in [4.78, 5) is 6.02. The monoisotopic (exact) mass is 258 g/mol. The van der Waals surface area contributed by atoms with E-state index in [0.717, 1.165) is 5.69 Å². The predicted octanol–water partition coefficient (Wildman–Crippen LogP) is 2.96. The van der Waals surface area contributed by atoms with E-state index < -0.39 is 0 Å². The Morgan fingerprint density at radius 3 is 2.78 bits per heavy atom. The second-order valence-electron chi connectivity index (χ2n) is 3.80. The molecule has 4 nitrogen and oxygen atoms in total. The Labute approximate surface area is 110 Å². The Hall–Kier alpha value is -2.25. The molecule has 0 unspecified atom stereocenters. The highest BCUT2D eigenvalue weighted by Gasteiger charge is 2.07. The standard InChI is InChI=1S/C13H11ClN4/c1-18(11-4-2-3-9(5-11)8-15)13-7-10(16)6-12(14)17-13/h2-7H,1H3,(H2,16,17). The fourth-order valence-electron chi connectivity index (χ4n) is 1.59. The van der Waals surface area contributed by atoms with Crippen molar-refractivity contribution < 1.29 is 0 Å². The molecular formula is C13H11ClN4. The van der Waals surface area contributed by atoms with Gasteiger partial charge in [-0.25, -0.2) is 4.98 Å². The normalized spacial score (nSPS) is 9.83. The van der Waals surface area contributed by atoms with Gasteiger partial charge in [-0.15, -0.1) is 0 Å². The van der Waals surface area contributed by atoms with E-state index in [0.29, 0.717) is 22.2 Å². The number of aromatic nitrogens is 1. The van der Waals surface area contributed by atoms with Gasteiger partial charge in [0.2, 0.25) is 0 Å². The van der Waals surface area contributed by atoms with E-state index in [9.17, 15) is 0 Å². The predicted molar refractivity (Wildman–Crippen MR) is 72.9 cm³/mol. The van der Waals surface area contributed by atoms with Crippen molar-refractivity contribution in [1.82, 2.24) is 4.98 Å². The highest BCUT2D eigenvalue weighted by molar-refractivity contribution is 6.29. The fourth-order valence-corrected chi connectivity index (χ4v) is 1.80. The topological polar surface area (TPSA) is 65.9 Å². The highest BCUT2D eigenvalue weighted by Crippen LogP contribution is 2.25. The average molecular weight is 259 g/mol. The quantitative estimate of drug-likeness (QED) is 0.841. The van der Waals surface area contributed by atoms with Gasteiger partial charge in [0, 0.05) is 24.5 Å². The molecular weight excluding hydrogens is 248 g/mol. The van der Waals surface area contributed by atoms with Crippen LogP contribution in [0.5, 0.6) is 0 Å². The molecule has 0 aliphatic rings. The van der Waals surface area contributed by atoms with Crippen LogP contribution in [0.25, 0.3) is 0 Å². The first-order valence-electron chi connectivity index (χ1n) is 5.27. The molecule has 0 saturated heterocycles. The van der Waals surface area contributed by atoms with Crippen LogP contribution in [0, 0.1) is 11.3 Å². The molecule has 1 aromatic carbocycles. The van der Waals surface area contributed by atoms with Crippen LogP contribution >= 0.6 is 11.6 Å². The Kier molecular flexibility index (Phi) is 3.35. The van der Waals surface area contributed by atoms with Gasteiger partial charge in [0.25, 0.3) is 0 Å². The van der Waals surface area contributed by atoms with E-state index in [1.807, 2.05) is 24.1 Å². The van der Waals surface area contributed by atoms with E-state index >= 15 is 0 Å². The van der Waals surface area contributed by atoms with Gasteiger partial charge in [-0.05, 0) is 24.3 Å². The zero-order valence-corrected chi connectivity index (χ0v) is 10.5. The molecule has 0 saturated carbocycles. The summed E-state index contributed by atoms with van der Waals surface area (Å²) in [7, 11) is 1.84. The lowest BCUT2D eigenvalue weighted by molar-refractivity contribution is 1.13. The molecule has 0 radical (unpaired) electrons. The maximum absolute atomic E-state index is 8.88. The molecule has 2 N–H and O–H groups in total. The largest absolute Gasteiger partial charge is 0.399 e. The molecule has 5 heteroatoms. The number of nitrogens with two attached hydrogens (primary N) is 1. The summed E-state index contributed by atoms with van der Waals surface area (Å²) < 4.78 is 0. The minimum absolute atomic E-state index is 0.341. The summed E-state index contributed by atoms with van der Waals surface area (Å²) >= 11 is 5.87. The number of nitrogen functional groups attached to an aromatic ring is 1. The van der Waals surface area contributed by atoms with E-state index in [1.54, 1.807) is 24.3 Å². The summed E-state index contributed by atoms with van der Waals surface area (Å²) in [6.45, 7) is 0. The van der Waals surface area contributed by atoms with Gasteiger partial charge >= 0.3 is 0 Å². The van der Waals surface area contributed by atoms with Crippen molar-refractivity contribution >= 4 is 28.8 Å². The molecule has 2 aromatic rings. The van der Waals surface area contributed by atoms with E-state index in [1.165, 1.54) is 0 Å². The van der Waals surface area contributed by atoms with Crippen LogP contribution < -0.4 is 10.6 Å². The average Bonchev–Trinajstić information content (AvgIpc) is 2.37. The number of halogens is 1. The SMILES string of the molecule is CN(c1cccc(C#N)c1)c1cc(N)cc(Cl)n1. The number of nitrogens with zero attached hydrogens (tertiary/aromatic N) is 3. The third kappa shape index (κ3) is 2.53. The fraction of sp³-hybridized carbons (Fsp3) is 0.0769. The number of rotatable bonds is 2. The summed E-state index contributed by atoms with van der Waals surface area (Å²) in [6, 6.07) is 12.6. The van der Waals surface area contributed by atoms with Crippen LogP contribution in [0.3, 0.4) is 0 Å². The van der Waals surface area contributed by atoms with Gasteiger partial charge in [0.15, 0.2) is 0 Å². The number of hydrogen-bond acceptors (Lipinski definition) is 4. The van der Waals surface area contributed by atoms with E-state index in [4.69, 9.17) is 22.6 Å². The van der Waals surface area contributed by atoms with Crippen LogP contribution in [0.2, 0.25) is 5.15 Å². The Morgan fingerprint density at radius 2 is 2.11 bits per heavy atom. The van der Waals surface area contributed by atoms with Crippen LogP contribution in [0.1, 0.15) is 5.56 Å². The van der Waals surface area contributed by atoms with E-state index in [2.05, 4.69) is 11.1 Å². The molecule has 0 spiro atoms. The summed E-state index contributed by atoms with van der Waals surface area (Å²) in [5.41, 5.74) is 7.72. The van der Waals surface area contributed by atoms with Crippen molar-refractivity contribution in [2.45, 2.75) is 0 Å². The lowest BCUT2D eigenvalue weighted by atomic mass is 10.2. The maximum Gasteiger partial charge on any atom is 0.136 e. The summed E-state index contributed by atoms with van der Waals surface area (Å²) in [5, 5.41) is 9.22. The molecule has 2 rings (SSSR count). The zero-order valence-electron chi connectivity index (χ0n) is 9.76. The third-order valence-corrected chi connectivity index (χ3v) is 2.70. The van der Waals surface area contributed by atoms with Crippen molar-refractivity contribution in [2.24, 2.45) is 0 Å².